The third kappa shape index (κ3) is 5.23. The fourth-order valence-corrected chi connectivity index (χ4v) is 2.08. The van der Waals surface area contributed by atoms with E-state index in [2.05, 4.69) is 5.32 Å². The molecule has 8 heteroatoms. The highest BCUT2D eigenvalue weighted by Gasteiger charge is 2.27. The fourth-order valence-electron chi connectivity index (χ4n) is 1.05. The summed E-state index contributed by atoms with van der Waals surface area (Å²) in [5, 5.41) is 2.70. The van der Waals surface area contributed by atoms with Gasteiger partial charge >= 0.3 is 5.51 Å². The molecule has 1 N–H and O–H groups in total. The number of benzene rings is 1. The highest BCUT2D eigenvalue weighted by atomic mass is 35.5. The van der Waals surface area contributed by atoms with Crippen LogP contribution in [0.25, 0.3) is 0 Å². The van der Waals surface area contributed by atoms with Gasteiger partial charge in [-0.2, -0.15) is 13.2 Å². The molecule has 0 bridgehead atoms. The van der Waals surface area contributed by atoms with Crippen molar-refractivity contribution >= 4 is 40.7 Å². The van der Waals surface area contributed by atoms with Crippen molar-refractivity contribution in [3.05, 3.63) is 28.0 Å². The lowest BCUT2D eigenvalue weighted by Crippen LogP contribution is -2.10. The van der Waals surface area contributed by atoms with Crippen LogP contribution in [0.15, 0.2) is 12.1 Å². The Morgan fingerprint density at radius 3 is 2.18 bits per heavy atom. The number of thioether (sulfide) groups is 1. The van der Waals surface area contributed by atoms with E-state index < -0.39 is 11.3 Å². The Morgan fingerprint density at radius 2 is 1.71 bits per heavy atom. The Labute approximate surface area is 109 Å². The molecule has 0 aliphatic heterocycles. The van der Waals surface area contributed by atoms with E-state index in [9.17, 15) is 17.6 Å². The van der Waals surface area contributed by atoms with E-state index in [1.165, 1.54) is 0 Å². The summed E-state index contributed by atoms with van der Waals surface area (Å²) in [6.45, 7) is 0.0231. The second-order valence-electron chi connectivity index (χ2n) is 2.97. The van der Waals surface area contributed by atoms with E-state index in [1.807, 2.05) is 0 Å². The van der Waals surface area contributed by atoms with Crippen molar-refractivity contribution in [1.82, 2.24) is 0 Å². The lowest BCUT2D eigenvalue weighted by Gasteiger charge is -2.11. The molecule has 1 nitrogen and oxygen atoms in total. The quantitative estimate of drug-likeness (QED) is 0.633. The third-order valence-electron chi connectivity index (χ3n) is 1.68. The molecule has 0 saturated carbocycles. The Morgan fingerprint density at radius 1 is 1.18 bits per heavy atom. The van der Waals surface area contributed by atoms with Crippen LogP contribution in [0.2, 0.25) is 10.0 Å². The zero-order chi connectivity index (χ0) is 13.1. The van der Waals surface area contributed by atoms with Gasteiger partial charge < -0.3 is 5.32 Å². The molecule has 1 aromatic carbocycles. The molecule has 0 radical (unpaired) electrons. The smallest absolute Gasteiger partial charge is 0.382 e. The van der Waals surface area contributed by atoms with E-state index in [4.69, 9.17) is 23.2 Å². The van der Waals surface area contributed by atoms with Crippen LogP contribution in [-0.2, 0) is 0 Å². The molecule has 0 spiro atoms. The predicted molar refractivity (Wildman–Crippen MR) is 63.4 cm³/mol. The van der Waals surface area contributed by atoms with Crippen LogP contribution in [-0.4, -0.2) is 17.8 Å². The summed E-state index contributed by atoms with van der Waals surface area (Å²) < 4.78 is 48.3. The standard InChI is InChI=1S/C9H7Cl2F4NS/c10-6-3-5(12)4-7(11)8(6)16-1-2-17-9(13,14)15/h3-4,16H,1-2H2. The molecule has 0 aliphatic rings. The maximum Gasteiger partial charge on any atom is 0.441 e. The lowest BCUT2D eigenvalue weighted by molar-refractivity contribution is -0.0327. The summed E-state index contributed by atoms with van der Waals surface area (Å²) in [6, 6.07) is 2.07. The molecule has 0 atom stereocenters. The third-order valence-corrected chi connectivity index (χ3v) is 3.01. The Balaban J connectivity index is 2.53. The van der Waals surface area contributed by atoms with Crippen molar-refractivity contribution in [2.24, 2.45) is 0 Å². The van der Waals surface area contributed by atoms with Gasteiger partial charge in [0.25, 0.3) is 0 Å². The van der Waals surface area contributed by atoms with Crippen LogP contribution >= 0.6 is 35.0 Å². The molecule has 0 amide bonds. The summed E-state index contributed by atoms with van der Waals surface area (Å²) in [5.74, 6) is -0.789. The van der Waals surface area contributed by atoms with Gasteiger partial charge in [-0.15, -0.1) is 0 Å². The summed E-state index contributed by atoms with van der Waals surface area (Å²) in [7, 11) is 0. The first-order chi connectivity index (χ1) is 7.79. The lowest BCUT2D eigenvalue weighted by atomic mass is 10.3. The normalized spacial score (nSPS) is 11.6. The van der Waals surface area contributed by atoms with Gasteiger partial charge in [0, 0.05) is 12.3 Å². The van der Waals surface area contributed by atoms with E-state index in [0.717, 1.165) is 12.1 Å². The number of hydrogen-bond acceptors (Lipinski definition) is 2. The highest BCUT2D eigenvalue weighted by molar-refractivity contribution is 8.00. The maximum atomic E-state index is 12.8. The summed E-state index contributed by atoms with van der Waals surface area (Å²) >= 11 is 11.2. The Bertz CT molecular complexity index is 374. The molecular formula is C9H7Cl2F4NS. The number of nitrogens with one attached hydrogen (secondary N) is 1. The van der Waals surface area contributed by atoms with Crippen molar-refractivity contribution < 1.29 is 17.6 Å². The SMILES string of the molecule is Fc1cc(Cl)c(NCCSC(F)(F)F)c(Cl)c1. The predicted octanol–water partition coefficient (Wildman–Crippen LogP) is 4.80. The summed E-state index contributed by atoms with van der Waals surface area (Å²) in [4.78, 5) is 0. The van der Waals surface area contributed by atoms with Gasteiger partial charge in [-0.25, -0.2) is 4.39 Å². The number of hydrogen-bond donors (Lipinski definition) is 1. The van der Waals surface area contributed by atoms with Gasteiger partial charge in [0.2, 0.25) is 0 Å². The van der Waals surface area contributed by atoms with Gasteiger partial charge in [-0.1, -0.05) is 23.2 Å². The maximum absolute atomic E-state index is 12.8. The van der Waals surface area contributed by atoms with Gasteiger partial charge in [-0.05, 0) is 23.9 Å². The molecule has 1 aromatic rings. The summed E-state index contributed by atoms with van der Waals surface area (Å²) in [5.41, 5.74) is -4.03. The van der Waals surface area contributed by atoms with Crippen LogP contribution < -0.4 is 5.32 Å². The van der Waals surface area contributed by atoms with Crippen LogP contribution in [0, 0.1) is 5.82 Å². The number of alkyl halides is 3. The van der Waals surface area contributed by atoms with Crippen molar-refractivity contribution in [3.8, 4) is 0 Å². The summed E-state index contributed by atoms with van der Waals surface area (Å²) in [6.07, 6.45) is 0. The minimum Gasteiger partial charge on any atom is -0.382 e. The molecule has 0 aromatic heterocycles. The Hall–Kier alpha value is -0.330. The van der Waals surface area contributed by atoms with E-state index in [-0.39, 0.29) is 39.8 Å². The molecule has 17 heavy (non-hydrogen) atoms. The first kappa shape index (κ1) is 14.7. The van der Waals surface area contributed by atoms with Crippen LogP contribution in [0.1, 0.15) is 0 Å². The highest BCUT2D eigenvalue weighted by Crippen LogP contribution is 2.32. The zero-order valence-corrected chi connectivity index (χ0v) is 10.6. The second kappa shape index (κ2) is 6.02. The fraction of sp³-hybridized carbons (Fsp3) is 0.333. The first-order valence-corrected chi connectivity index (χ1v) is 6.13. The number of halogens is 6. The van der Waals surface area contributed by atoms with Crippen molar-refractivity contribution in [1.29, 1.82) is 0 Å². The minimum atomic E-state index is -4.27. The molecule has 0 heterocycles. The monoisotopic (exact) mass is 307 g/mol. The van der Waals surface area contributed by atoms with Crippen molar-refractivity contribution in [2.45, 2.75) is 5.51 Å². The van der Waals surface area contributed by atoms with Crippen LogP contribution in [0.4, 0.5) is 23.2 Å². The van der Waals surface area contributed by atoms with Gasteiger partial charge in [0.1, 0.15) is 5.82 Å². The number of anilines is 1. The van der Waals surface area contributed by atoms with E-state index in [1.54, 1.807) is 0 Å². The zero-order valence-electron chi connectivity index (χ0n) is 8.24. The molecule has 0 saturated heterocycles. The molecular weight excluding hydrogens is 301 g/mol. The van der Waals surface area contributed by atoms with Gasteiger partial charge in [0.15, 0.2) is 0 Å². The minimum absolute atomic E-state index is 0.0231. The van der Waals surface area contributed by atoms with E-state index >= 15 is 0 Å². The van der Waals surface area contributed by atoms with Crippen LogP contribution in [0.5, 0.6) is 0 Å². The number of rotatable bonds is 4. The molecule has 0 fully saturated rings. The average Bonchev–Trinajstić information content (AvgIpc) is 2.13. The molecule has 1 rings (SSSR count). The largest absolute Gasteiger partial charge is 0.441 e. The van der Waals surface area contributed by atoms with Crippen LogP contribution in [0.3, 0.4) is 0 Å². The van der Waals surface area contributed by atoms with Gasteiger partial charge in [-0.3, -0.25) is 0 Å². The second-order valence-corrected chi connectivity index (χ2v) is 4.94. The van der Waals surface area contributed by atoms with Gasteiger partial charge in [0.05, 0.1) is 15.7 Å². The first-order valence-electron chi connectivity index (χ1n) is 4.38. The van der Waals surface area contributed by atoms with E-state index in [0.29, 0.717) is 0 Å². The molecule has 96 valence electrons. The molecule has 0 aliphatic carbocycles. The Kier molecular flexibility index (Phi) is 5.22. The average molecular weight is 308 g/mol. The molecule has 0 unspecified atom stereocenters. The van der Waals surface area contributed by atoms with Crippen molar-refractivity contribution in [3.63, 3.8) is 0 Å². The topological polar surface area (TPSA) is 12.0 Å². The van der Waals surface area contributed by atoms with Crippen molar-refractivity contribution in [2.75, 3.05) is 17.6 Å².